The normalized spacial score (nSPS) is 9.67. The molecule has 0 aliphatic rings. The van der Waals surface area contributed by atoms with Crippen LogP contribution in [0.15, 0.2) is 22.7 Å². The Bertz CT molecular complexity index is 256. The molecule has 2 heteroatoms. The molecule has 1 aromatic rings. The Morgan fingerprint density at radius 3 is 2.33 bits per heavy atom. The Labute approximate surface area is 83.1 Å². The molecular weight excluding hydrogens is 214 g/mol. The summed E-state index contributed by atoms with van der Waals surface area (Å²) in [6.45, 7) is 4.33. The lowest BCUT2D eigenvalue weighted by Crippen LogP contribution is -1.91. The topological polar surface area (TPSA) is 26.0 Å². The SMILES string of the molecule is C.CC(C)c1ccc(N)cc1Br. The van der Waals surface area contributed by atoms with Crippen LogP contribution in [0.1, 0.15) is 32.8 Å². The molecule has 12 heavy (non-hydrogen) atoms. The lowest BCUT2D eigenvalue weighted by molar-refractivity contribution is 0.861. The summed E-state index contributed by atoms with van der Waals surface area (Å²) in [4.78, 5) is 0. The van der Waals surface area contributed by atoms with Gasteiger partial charge >= 0.3 is 0 Å². The van der Waals surface area contributed by atoms with Crippen molar-refractivity contribution in [2.24, 2.45) is 0 Å². The molecular formula is C10H16BrN. The van der Waals surface area contributed by atoms with Crippen LogP contribution in [0.4, 0.5) is 5.69 Å². The van der Waals surface area contributed by atoms with Crippen molar-refractivity contribution in [1.29, 1.82) is 0 Å². The summed E-state index contributed by atoms with van der Waals surface area (Å²) < 4.78 is 1.10. The molecule has 0 radical (unpaired) electrons. The van der Waals surface area contributed by atoms with Crippen LogP contribution in [-0.2, 0) is 0 Å². The molecule has 0 saturated heterocycles. The lowest BCUT2D eigenvalue weighted by atomic mass is 10.0. The molecule has 0 amide bonds. The summed E-state index contributed by atoms with van der Waals surface area (Å²) in [6.07, 6.45) is 0. The summed E-state index contributed by atoms with van der Waals surface area (Å²) in [5, 5.41) is 0. The van der Waals surface area contributed by atoms with Gasteiger partial charge in [-0.3, -0.25) is 0 Å². The van der Waals surface area contributed by atoms with Gasteiger partial charge in [-0.2, -0.15) is 0 Å². The van der Waals surface area contributed by atoms with E-state index >= 15 is 0 Å². The van der Waals surface area contributed by atoms with Gasteiger partial charge in [0.2, 0.25) is 0 Å². The molecule has 68 valence electrons. The summed E-state index contributed by atoms with van der Waals surface area (Å²) in [7, 11) is 0. The van der Waals surface area contributed by atoms with Crippen LogP contribution in [0.3, 0.4) is 0 Å². The quantitative estimate of drug-likeness (QED) is 0.729. The third-order valence-electron chi connectivity index (χ3n) is 1.65. The summed E-state index contributed by atoms with van der Waals surface area (Å²) in [5.74, 6) is 0.546. The molecule has 0 saturated carbocycles. The smallest absolute Gasteiger partial charge is 0.0325 e. The Hall–Kier alpha value is -0.500. The van der Waals surface area contributed by atoms with E-state index in [-0.39, 0.29) is 7.43 Å². The zero-order chi connectivity index (χ0) is 8.43. The standard InChI is InChI=1S/C9H12BrN.CH4/c1-6(2)8-4-3-7(11)5-9(8)10;/h3-6H,11H2,1-2H3;1H4. The number of anilines is 1. The molecule has 1 nitrogen and oxygen atoms in total. The summed E-state index contributed by atoms with van der Waals surface area (Å²) >= 11 is 3.47. The van der Waals surface area contributed by atoms with Crippen LogP contribution < -0.4 is 5.73 Å². The van der Waals surface area contributed by atoms with Crippen molar-refractivity contribution in [2.75, 3.05) is 5.73 Å². The predicted molar refractivity (Wildman–Crippen MR) is 59.4 cm³/mol. The van der Waals surface area contributed by atoms with Crippen molar-refractivity contribution < 1.29 is 0 Å². The summed E-state index contributed by atoms with van der Waals surface area (Å²) in [5.41, 5.74) is 7.71. The van der Waals surface area contributed by atoms with Crippen molar-refractivity contribution in [3.63, 3.8) is 0 Å². The maximum absolute atomic E-state index is 5.60. The molecule has 0 aliphatic carbocycles. The predicted octanol–water partition coefficient (Wildman–Crippen LogP) is 3.79. The van der Waals surface area contributed by atoms with Crippen molar-refractivity contribution >= 4 is 21.6 Å². The Kier molecular flexibility index (Phi) is 4.32. The number of rotatable bonds is 1. The fourth-order valence-electron chi connectivity index (χ4n) is 1.01. The average molecular weight is 230 g/mol. The number of halogens is 1. The van der Waals surface area contributed by atoms with Gasteiger partial charge in [-0.1, -0.05) is 43.3 Å². The van der Waals surface area contributed by atoms with Crippen LogP contribution in [0, 0.1) is 0 Å². The molecule has 1 aromatic carbocycles. The second kappa shape index (κ2) is 4.51. The highest BCUT2D eigenvalue weighted by Gasteiger charge is 2.03. The summed E-state index contributed by atoms with van der Waals surface area (Å²) in [6, 6.07) is 5.93. The number of nitrogens with two attached hydrogens (primary N) is 1. The van der Waals surface area contributed by atoms with E-state index in [1.807, 2.05) is 12.1 Å². The molecule has 0 spiro atoms. The van der Waals surface area contributed by atoms with Gasteiger partial charge in [0.25, 0.3) is 0 Å². The van der Waals surface area contributed by atoms with Crippen molar-refractivity contribution in [2.45, 2.75) is 27.2 Å². The Morgan fingerprint density at radius 1 is 1.33 bits per heavy atom. The minimum absolute atomic E-state index is 0. The monoisotopic (exact) mass is 229 g/mol. The number of benzene rings is 1. The third-order valence-corrected chi connectivity index (χ3v) is 2.33. The number of hydrogen-bond acceptors (Lipinski definition) is 1. The van der Waals surface area contributed by atoms with Gasteiger partial charge in [-0.15, -0.1) is 0 Å². The van der Waals surface area contributed by atoms with Crippen LogP contribution in [0.2, 0.25) is 0 Å². The van der Waals surface area contributed by atoms with Gasteiger partial charge in [0.15, 0.2) is 0 Å². The van der Waals surface area contributed by atoms with E-state index in [1.54, 1.807) is 0 Å². The van der Waals surface area contributed by atoms with Crippen molar-refractivity contribution in [1.82, 2.24) is 0 Å². The van der Waals surface area contributed by atoms with Crippen molar-refractivity contribution in [3.8, 4) is 0 Å². The van der Waals surface area contributed by atoms with E-state index in [4.69, 9.17) is 5.73 Å². The number of hydrogen-bond donors (Lipinski definition) is 1. The first-order valence-corrected chi connectivity index (χ1v) is 4.45. The highest BCUT2D eigenvalue weighted by molar-refractivity contribution is 9.10. The average Bonchev–Trinajstić information content (AvgIpc) is 1.85. The molecule has 1 rings (SSSR count). The molecule has 0 heterocycles. The first-order valence-electron chi connectivity index (χ1n) is 3.66. The van der Waals surface area contributed by atoms with Gasteiger partial charge in [0.1, 0.15) is 0 Å². The Balaban J connectivity index is 0.00000121. The molecule has 0 bridgehead atoms. The van der Waals surface area contributed by atoms with Crippen molar-refractivity contribution in [3.05, 3.63) is 28.2 Å². The van der Waals surface area contributed by atoms with E-state index in [0.717, 1.165) is 10.2 Å². The van der Waals surface area contributed by atoms with Gasteiger partial charge in [0, 0.05) is 10.2 Å². The van der Waals surface area contributed by atoms with Gasteiger partial charge in [-0.25, -0.2) is 0 Å². The zero-order valence-electron chi connectivity index (χ0n) is 6.76. The van der Waals surface area contributed by atoms with Crippen LogP contribution in [0.5, 0.6) is 0 Å². The van der Waals surface area contributed by atoms with Gasteiger partial charge in [0.05, 0.1) is 0 Å². The second-order valence-corrected chi connectivity index (χ2v) is 3.79. The fraction of sp³-hybridized carbons (Fsp3) is 0.400. The molecule has 0 aliphatic heterocycles. The maximum Gasteiger partial charge on any atom is 0.0325 e. The highest BCUT2D eigenvalue weighted by atomic mass is 79.9. The molecule has 0 aromatic heterocycles. The van der Waals surface area contributed by atoms with E-state index in [2.05, 4.69) is 35.8 Å². The molecule has 2 N–H and O–H groups in total. The maximum atomic E-state index is 5.60. The van der Waals surface area contributed by atoms with E-state index in [0.29, 0.717) is 5.92 Å². The van der Waals surface area contributed by atoms with E-state index in [9.17, 15) is 0 Å². The van der Waals surface area contributed by atoms with Crippen LogP contribution >= 0.6 is 15.9 Å². The van der Waals surface area contributed by atoms with Crippen LogP contribution in [0.25, 0.3) is 0 Å². The van der Waals surface area contributed by atoms with E-state index in [1.165, 1.54) is 5.56 Å². The second-order valence-electron chi connectivity index (χ2n) is 2.94. The van der Waals surface area contributed by atoms with Gasteiger partial charge in [-0.05, 0) is 23.6 Å². The minimum atomic E-state index is 0. The lowest BCUT2D eigenvalue weighted by Gasteiger charge is -2.07. The van der Waals surface area contributed by atoms with Gasteiger partial charge < -0.3 is 5.73 Å². The molecule has 0 atom stereocenters. The number of nitrogen functional groups attached to an aromatic ring is 1. The highest BCUT2D eigenvalue weighted by Crippen LogP contribution is 2.26. The Morgan fingerprint density at radius 2 is 1.92 bits per heavy atom. The largest absolute Gasteiger partial charge is 0.399 e. The molecule has 0 fully saturated rings. The fourth-order valence-corrected chi connectivity index (χ4v) is 1.87. The molecule has 0 unspecified atom stereocenters. The minimum Gasteiger partial charge on any atom is -0.399 e. The van der Waals surface area contributed by atoms with Crippen LogP contribution in [-0.4, -0.2) is 0 Å². The third kappa shape index (κ3) is 2.52. The first-order chi connectivity index (χ1) is 5.11. The van der Waals surface area contributed by atoms with E-state index < -0.39 is 0 Å². The zero-order valence-corrected chi connectivity index (χ0v) is 8.35. The first kappa shape index (κ1) is 11.5.